The van der Waals surface area contributed by atoms with Gasteiger partial charge in [-0.2, -0.15) is 0 Å². The van der Waals surface area contributed by atoms with Gasteiger partial charge in [-0.25, -0.2) is 0 Å². The smallest absolute Gasteiger partial charge is 0.0233 e. The van der Waals surface area contributed by atoms with E-state index in [1.165, 1.54) is 31.5 Å². The molecule has 1 aromatic rings. The minimum atomic E-state index is 0.964. The lowest BCUT2D eigenvalue weighted by Crippen LogP contribution is -2.22. The summed E-state index contributed by atoms with van der Waals surface area (Å²) in [4.78, 5) is 2.65. The second-order valence-corrected chi connectivity index (χ2v) is 5.66. The highest BCUT2D eigenvalue weighted by molar-refractivity contribution is 5.14. The Balaban J connectivity index is 1.63. The van der Waals surface area contributed by atoms with Crippen molar-refractivity contribution in [2.24, 2.45) is 17.8 Å². The predicted octanol–water partition coefficient (Wildman–Crippen LogP) is 3.16. The van der Waals surface area contributed by atoms with Gasteiger partial charge in [0.25, 0.3) is 0 Å². The third kappa shape index (κ3) is 1.89. The van der Waals surface area contributed by atoms with E-state index in [9.17, 15) is 0 Å². The molecule has 1 heterocycles. The van der Waals surface area contributed by atoms with Crippen LogP contribution in [0.1, 0.15) is 25.3 Å². The van der Waals surface area contributed by atoms with E-state index in [1.807, 2.05) is 0 Å². The van der Waals surface area contributed by atoms with Gasteiger partial charge < -0.3 is 0 Å². The van der Waals surface area contributed by atoms with Gasteiger partial charge in [0.1, 0.15) is 0 Å². The van der Waals surface area contributed by atoms with Crippen LogP contribution in [0.4, 0.5) is 0 Å². The van der Waals surface area contributed by atoms with Crippen molar-refractivity contribution >= 4 is 0 Å². The molecule has 2 fully saturated rings. The summed E-state index contributed by atoms with van der Waals surface area (Å²) in [5, 5.41) is 0. The van der Waals surface area contributed by atoms with Crippen LogP contribution in [-0.4, -0.2) is 18.0 Å². The molecule has 0 bridgehead atoms. The van der Waals surface area contributed by atoms with Crippen LogP contribution in [0.3, 0.4) is 0 Å². The Hall–Kier alpha value is -0.820. The minimum Gasteiger partial charge on any atom is -0.299 e. The zero-order chi connectivity index (χ0) is 11.0. The fourth-order valence-corrected chi connectivity index (χ4v) is 3.60. The number of likely N-dealkylation sites (tertiary alicyclic amines) is 1. The topological polar surface area (TPSA) is 3.24 Å². The Kier molecular flexibility index (Phi) is 2.72. The number of hydrogen-bond donors (Lipinski definition) is 0. The van der Waals surface area contributed by atoms with Crippen LogP contribution in [0.5, 0.6) is 0 Å². The summed E-state index contributed by atoms with van der Waals surface area (Å²) in [5.41, 5.74) is 1.47. The van der Waals surface area contributed by atoms with E-state index < -0.39 is 0 Å². The van der Waals surface area contributed by atoms with E-state index in [1.54, 1.807) is 0 Å². The van der Waals surface area contributed by atoms with Crippen LogP contribution in [0.15, 0.2) is 30.3 Å². The highest BCUT2D eigenvalue weighted by Crippen LogP contribution is 2.42. The number of hydrogen-bond acceptors (Lipinski definition) is 1. The van der Waals surface area contributed by atoms with Crippen molar-refractivity contribution in [2.75, 3.05) is 13.1 Å². The lowest BCUT2D eigenvalue weighted by molar-refractivity contribution is 0.288. The van der Waals surface area contributed by atoms with Crippen molar-refractivity contribution in [3.63, 3.8) is 0 Å². The summed E-state index contributed by atoms with van der Waals surface area (Å²) in [6.45, 7) is 6.27. The lowest BCUT2D eigenvalue weighted by Gasteiger charge is -2.18. The molecule has 0 radical (unpaired) electrons. The van der Waals surface area contributed by atoms with Gasteiger partial charge in [0.05, 0.1) is 0 Å². The van der Waals surface area contributed by atoms with Gasteiger partial charge in [0, 0.05) is 19.6 Å². The summed E-state index contributed by atoms with van der Waals surface area (Å²) in [5.74, 6) is 2.95. The molecule has 16 heavy (non-hydrogen) atoms. The maximum atomic E-state index is 2.65. The van der Waals surface area contributed by atoms with E-state index in [0.717, 1.165) is 24.3 Å². The molecule has 1 aliphatic heterocycles. The maximum absolute atomic E-state index is 2.65. The van der Waals surface area contributed by atoms with Gasteiger partial charge in [-0.3, -0.25) is 4.90 Å². The van der Waals surface area contributed by atoms with Crippen LogP contribution in [-0.2, 0) is 6.54 Å². The highest BCUT2D eigenvalue weighted by atomic mass is 15.2. The third-order valence-corrected chi connectivity index (χ3v) is 4.54. The Bertz CT molecular complexity index is 346. The van der Waals surface area contributed by atoms with Crippen molar-refractivity contribution in [3.8, 4) is 0 Å². The molecule has 0 aromatic heterocycles. The molecule has 1 aliphatic carbocycles. The van der Waals surface area contributed by atoms with E-state index >= 15 is 0 Å². The van der Waals surface area contributed by atoms with Gasteiger partial charge in [-0.1, -0.05) is 43.7 Å². The molecule has 3 unspecified atom stereocenters. The third-order valence-electron chi connectivity index (χ3n) is 4.54. The molecular formula is C15H21N. The first-order chi connectivity index (χ1) is 7.83. The quantitative estimate of drug-likeness (QED) is 0.732. The van der Waals surface area contributed by atoms with Gasteiger partial charge in [-0.15, -0.1) is 0 Å². The van der Waals surface area contributed by atoms with E-state index in [0.29, 0.717) is 0 Å². The molecule has 1 saturated heterocycles. The summed E-state index contributed by atoms with van der Waals surface area (Å²) >= 11 is 0. The van der Waals surface area contributed by atoms with Crippen LogP contribution in [0, 0.1) is 17.8 Å². The highest BCUT2D eigenvalue weighted by Gasteiger charge is 2.40. The van der Waals surface area contributed by atoms with E-state index in [2.05, 4.69) is 42.2 Å². The zero-order valence-electron chi connectivity index (χ0n) is 10.1. The first kappa shape index (κ1) is 10.3. The standard InChI is InChI=1S/C15H21N/c1-12-7-8-14-10-16(11-15(12)14)9-13-5-3-2-4-6-13/h2-6,12,14-15H,7-11H2,1H3. The van der Waals surface area contributed by atoms with Crippen LogP contribution >= 0.6 is 0 Å². The van der Waals surface area contributed by atoms with Gasteiger partial charge in [-0.05, 0) is 29.7 Å². The largest absolute Gasteiger partial charge is 0.299 e. The monoisotopic (exact) mass is 215 g/mol. The van der Waals surface area contributed by atoms with Gasteiger partial charge in [0.2, 0.25) is 0 Å². The van der Waals surface area contributed by atoms with E-state index in [-0.39, 0.29) is 0 Å². The van der Waals surface area contributed by atoms with Crippen molar-refractivity contribution in [1.82, 2.24) is 4.90 Å². The normalized spacial score (nSPS) is 34.2. The molecule has 0 amide bonds. The summed E-state index contributed by atoms with van der Waals surface area (Å²) < 4.78 is 0. The molecule has 1 aromatic carbocycles. The summed E-state index contributed by atoms with van der Waals surface area (Å²) in [6, 6.07) is 10.9. The number of rotatable bonds is 2. The Morgan fingerprint density at radius 1 is 1.12 bits per heavy atom. The fourth-order valence-electron chi connectivity index (χ4n) is 3.60. The maximum Gasteiger partial charge on any atom is 0.0233 e. The zero-order valence-corrected chi connectivity index (χ0v) is 10.1. The SMILES string of the molecule is CC1CCC2CN(Cc3ccccc3)CC12. The van der Waals surface area contributed by atoms with Crippen molar-refractivity contribution < 1.29 is 0 Å². The van der Waals surface area contributed by atoms with Crippen molar-refractivity contribution in [1.29, 1.82) is 0 Å². The molecule has 1 heteroatoms. The predicted molar refractivity (Wildman–Crippen MR) is 67.1 cm³/mol. The van der Waals surface area contributed by atoms with Crippen LogP contribution in [0.25, 0.3) is 0 Å². The molecule has 3 rings (SSSR count). The number of benzene rings is 1. The summed E-state index contributed by atoms with van der Waals surface area (Å²) in [7, 11) is 0. The summed E-state index contributed by atoms with van der Waals surface area (Å²) in [6.07, 6.45) is 2.94. The van der Waals surface area contributed by atoms with Gasteiger partial charge >= 0.3 is 0 Å². The first-order valence-electron chi connectivity index (χ1n) is 6.59. The molecule has 2 aliphatic rings. The minimum absolute atomic E-state index is 0.964. The molecule has 3 atom stereocenters. The first-order valence-corrected chi connectivity index (χ1v) is 6.59. The molecule has 1 saturated carbocycles. The average molecular weight is 215 g/mol. The van der Waals surface area contributed by atoms with Crippen molar-refractivity contribution in [3.05, 3.63) is 35.9 Å². The van der Waals surface area contributed by atoms with E-state index in [4.69, 9.17) is 0 Å². The second kappa shape index (κ2) is 4.21. The number of nitrogens with zero attached hydrogens (tertiary/aromatic N) is 1. The molecule has 0 N–H and O–H groups in total. The fraction of sp³-hybridized carbons (Fsp3) is 0.600. The Morgan fingerprint density at radius 3 is 2.69 bits per heavy atom. The van der Waals surface area contributed by atoms with Crippen LogP contribution in [0.2, 0.25) is 0 Å². The van der Waals surface area contributed by atoms with Gasteiger partial charge in [0.15, 0.2) is 0 Å². The van der Waals surface area contributed by atoms with Crippen molar-refractivity contribution in [2.45, 2.75) is 26.3 Å². The Labute approximate surface area is 98.5 Å². The average Bonchev–Trinajstić information content (AvgIpc) is 2.83. The molecule has 0 spiro atoms. The number of fused-ring (bicyclic) bond motifs is 1. The molecule has 86 valence electrons. The second-order valence-electron chi connectivity index (χ2n) is 5.66. The molecule has 1 nitrogen and oxygen atoms in total. The van der Waals surface area contributed by atoms with Crippen LogP contribution < -0.4 is 0 Å². The lowest BCUT2D eigenvalue weighted by atomic mass is 9.94. The Morgan fingerprint density at radius 2 is 1.94 bits per heavy atom. The molecular weight excluding hydrogens is 194 g/mol.